The number of esters is 1. The smallest absolute Gasteiger partial charge is 0.325 e. The van der Waals surface area contributed by atoms with Crippen molar-refractivity contribution in [2.24, 2.45) is 0 Å². The second-order valence-corrected chi connectivity index (χ2v) is 13.3. The third-order valence-electron chi connectivity index (χ3n) is 8.77. The van der Waals surface area contributed by atoms with Gasteiger partial charge in [0, 0.05) is 61.5 Å². The fraction of sp³-hybridized carbons (Fsp3) is 0.472. The lowest BCUT2D eigenvalue weighted by molar-refractivity contribution is -0.157. The molecule has 0 unspecified atom stereocenters. The van der Waals surface area contributed by atoms with Gasteiger partial charge in [-0.2, -0.15) is 0 Å². The third kappa shape index (κ3) is 7.55. The summed E-state index contributed by atoms with van der Waals surface area (Å²) < 4.78 is 5.79. The molecule has 1 aromatic carbocycles. The van der Waals surface area contributed by atoms with Crippen molar-refractivity contribution in [2.75, 3.05) is 41.7 Å². The maximum absolute atomic E-state index is 13.3. The lowest BCUT2D eigenvalue weighted by Crippen LogP contribution is -2.45. The van der Waals surface area contributed by atoms with Gasteiger partial charge in [0.1, 0.15) is 35.4 Å². The Bertz CT molecular complexity index is 1660. The molecule has 46 heavy (non-hydrogen) atoms. The summed E-state index contributed by atoms with van der Waals surface area (Å²) in [6, 6.07) is 14.0. The maximum Gasteiger partial charge on any atom is 0.325 e. The monoisotopic (exact) mass is 622 g/mol. The van der Waals surface area contributed by atoms with Crippen LogP contribution in [0.15, 0.2) is 55.0 Å². The van der Waals surface area contributed by atoms with Gasteiger partial charge in [-0.05, 0) is 82.2 Å². The van der Waals surface area contributed by atoms with Crippen molar-refractivity contribution < 1.29 is 9.53 Å². The second-order valence-electron chi connectivity index (χ2n) is 13.3. The number of benzene rings is 1. The number of carbonyl (C=O) groups excluding carboxylic acids is 1. The molecule has 2 aliphatic heterocycles. The van der Waals surface area contributed by atoms with E-state index in [1.807, 2.05) is 51.2 Å². The minimum absolute atomic E-state index is 0.311. The quantitative estimate of drug-likeness (QED) is 0.192. The van der Waals surface area contributed by atoms with Crippen molar-refractivity contribution in [1.29, 1.82) is 0 Å². The molecule has 0 bridgehead atoms. The second kappa shape index (κ2) is 14.0. The average Bonchev–Trinajstić information content (AvgIpc) is 3.07. The van der Waals surface area contributed by atoms with E-state index in [-0.39, 0.29) is 5.97 Å². The number of ether oxygens (including phenoxy) is 1. The first-order valence-electron chi connectivity index (χ1n) is 16.6. The molecular formula is C36H46N8O2. The summed E-state index contributed by atoms with van der Waals surface area (Å²) in [4.78, 5) is 34.6. The third-order valence-corrected chi connectivity index (χ3v) is 8.77. The zero-order valence-electron chi connectivity index (χ0n) is 27.5. The number of hydrogen-bond acceptors (Lipinski definition) is 10. The Morgan fingerprint density at radius 2 is 1.93 bits per heavy atom. The van der Waals surface area contributed by atoms with Crippen LogP contribution in [0.5, 0.6) is 0 Å². The minimum Gasteiger partial charge on any atom is -0.459 e. The lowest BCUT2D eigenvalue weighted by Gasteiger charge is -2.34. The Kier molecular flexibility index (Phi) is 9.63. The van der Waals surface area contributed by atoms with Crippen molar-refractivity contribution >= 4 is 34.3 Å². The predicted octanol–water partition coefficient (Wildman–Crippen LogP) is 5.64. The highest BCUT2D eigenvalue weighted by molar-refractivity contribution is 5.79. The Morgan fingerprint density at radius 1 is 1.11 bits per heavy atom. The van der Waals surface area contributed by atoms with Crippen molar-refractivity contribution in [3.63, 3.8) is 0 Å². The Morgan fingerprint density at radius 3 is 2.74 bits per heavy atom. The molecule has 1 fully saturated rings. The Balaban J connectivity index is 1.12. The number of hydrogen-bond donors (Lipinski definition) is 3. The molecule has 1 saturated heterocycles. The molecule has 1 atom stereocenters. The molecule has 10 heteroatoms. The van der Waals surface area contributed by atoms with Crippen LogP contribution in [-0.4, -0.2) is 63.7 Å². The summed E-state index contributed by atoms with van der Waals surface area (Å²) in [6.45, 7) is 11.4. The van der Waals surface area contributed by atoms with E-state index < -0.39 is 11.6 Å². The van der Waals surface area contributed by atoms with Gasteiger partial charge in [0.25, 0.3) is 0 Å². The number of nitrogens with zero attached hydrogens (tertiary/aromatic N) is 5. The van der Waals surface area contributed by atoms with Gasteiger partial charge in [-0.1, -0.05) is 31.2 Å². The molecule has 2 aliphatic rings. The number of carbonyl (C=O) groups is 1. The zero-order valence-corrected chi connectivity index (χ0v) is 27.5. The fourth-order valence-corrected chi connectivity index (χ4v) is 6.38. The van der Waals surface area contributed by atoms with Crippen LogP contribution in [0.25, 0.3) is 10.9 Å². The van der Waals surface area contributed by atoms with Gasteiger partial charge in [-0.3, -0.25) is 15.1 Å². The molecule has 3 aromatic heterocycles. The highest BCUT2D eigenvalue weighted by Crippen LogP contribution is 2.33. The van der Waals surface area contributed by atoms with E-state index in [4.69, 9.17) is 14.7 Å². The SMILES string of the molecule is CCc1c(NC[C@H](NCc2cnc3ccccc3c2)C(=O)OC(C)(C)C)ncnc1N1CCC(c2ccc3c(n2)NCCC3)CC1. The van der Waals surface area contributed by atoms with E-state index in [2.05, 4.69) is 55.9 Å². The van der Waals surface area contributed by atoms with E-state index in [0.717, 1.165) is 84.8 Å². The lowest BCUT2D eigenvalue weighted by atomic mass is 9.92. The summed E-state index contributed by atoms with van der Waals surface area (Å²) >= 11 is 0. The van der Waals surface area contributed by atoms with Crippen LogP contribution in [0.2, 0.25) is 0 Å². The average molecular weight is 623 g/mol. The number of nitrogens with one attached hydrogen (secondary N) is 3. The van der Waals surface area contributed by atoms with Gasteiger partial charge in [0.2, 0.25) is 0 Å². The van der Waals surface area contributed by atoms with Crippen LogP contribution in [0.3, 0.4) is 0 Å². The van der Waals surface area contributed by atoms with E-state index >= 15 is 0 Å². The van der Waals surface area contributed by atoms with Gasteiger partial charge in [-0.25, -0.2) is 15.0 Å². The number of fused-ring (bicyclic) bond motifs is 2. The van der Waals surface area contributed by atoms with Crippen LogP contribution >= 0.6 is 0 Å². The predicted molar refractivity (Wildman–Crippen MR) is 183 cm³/mol. The number of piperidine rings is 1. The first kappa shape index (κ1) is 31.7. The molecule has 3 N–H and O–H groups in total. The van der Waals surface area contributed by atoms with Crippen LogP contribution in [0, 0.1) is 0 Å². The largest absolute Gasteiger partial charge is 0.459 e. The van der Waals surface area contributed by atoms with Crippen molar-refractivity contribution in [3.8, 4) is 0 Å². The van der Waals surface area contributed by atoms with Crippen LogP contribution in [0.4, 0.5) is 17.5 Å². The van der Waals surface area contributed by atoms with Crippen LogP contribution in [0.1, 0.15) is 75.3 Å². The molecule has 0 saturated carbocycles. The Hall–Kier alpha value is -4.31. The fourth-order valence-electron chi connectivity index (χ4n) is 6.38. The molecule has 242 valence electrons. The van der Waals surface area contributed by atoms with E-state index in [0.29, 0.717) is 19.0 Å². The summed E-state index contributed by atoms with van der Waals surface area (Å²) in [5.74, 6) is 2.91. The maximum atomic E-state index is 13.3. The summed E-state index contributed by atoms with van der Waals surface area (Å²) in [6.07, 6.45) is 8.56. The molecule has 0 radical (unpaired) electrons. The zero-order chi connectivity index (χ0) is 32.1. The number of anilines is 3. The van der Waals surface area contributed by atoms with Gasteiger partial charge in [0.05, 0.1) is 5.52 Å². The molecule has 4 aromatic rings. The summed E-state index contributed by atoms with van der Waals surface area (Å²) in [5.41, 5.74) is 4.91. The first-order valence-corrected chi connectivity index (χ1v) is 16.6. The normalized spacial score (nSPS) is 16.0. The molecule has 10 nitrogen and oxygen atoms in total. The molecule has 0 aliphatic carbocycles. The number of rotatable bonds is 10. The first-order chi connectivity index (χ1) is 22.3. The van der Waals surface area contributed by atoms with E-state index in [1.54, 1.807) is 6.33 Å². The number of para-hydroxylation sites is 1. The summed E-state index contributed by atoms with van der Waals surface area (Å²) in [5, 5.41) is 11.4. The number of aromatic nitrogens is 4. The molecule has 6 rings (SSSR count). The number of pyridine rings is 2. The number of aryl methyl sites for hydroxylation is 1. The highest BCUT2D eigenvalue weighted by atomic mass is 16.6. The molecule has 5 heterocycles. The molecule has 0 spiro atoms. The molecular weight excluding hydrogens is 576 g/mol. The van der Waals surface area contributed by atoms with Gasteiger partial charge in [0.15, 0.2) is 0 Å². The van der Waals surface area contributed by atoms with Crippen molar-refractivity contribution in [2.45, 2.75) is 83.9 Å². The van der Waals surface area contributed by atoms with Gasteiger partial charge < -0.3 is 20.3 Å². The van der Waals surface area contributed by atoms with E-state index in [9.17, 15) is 4.79 Å². The van der Waals surface area contributed by atoms with Gasteiger partial charge in [-0.15, -0.1) is 0 Å². The van der Waals surface area contributed by atoms with E-state index in [1.165, 1.54) is 17.7 Å². The highest BCUT2D eigenvalue weighted by Gasteiger charge is 2.28. The van der Waals surface area contributed by atoms with Crippen molar-refractivity contribution in [3.05, 3.63) is 77.4 Å². The van der Waals surface area contributed by atoms with Crippen molar-refractivity contribution in [1.82, 2.24) is 25.3 Å². The van der Waals surface area contributed by atoms with Gasteiger partial charge >= 0.3 is 5.97 Å². The van der Waals surface area contributed by atoms with Crippen LogP contribution in [-0.2, 0) is 28.9 Å². The topological polar surface area (TPSA) is 117 Å². The minimum atomic E-state index is -0.602. The van der Waals surface area contributed by atoms with Crippen LogP contribution < -0.4 is 20.9 Å². The Labute approximate surface area is 271 Å². The summed E-state index contributed by atoms with van der Waals surface area (Å²) in [7, 11) is 0. The standard InChI is InChI=1S/C36H46N8O2/c1-5-28-33(40-22-31(35(45)46-36(2,3)4)39-21-24-19-27-9-6-7-11-29(27)38-20-24)41-23-42-34(28)44-17-14-25(15-18-44)30-13-12-26-10-8-16-37-32(26)43-30/h6-7,9,11-13,19-20,23,25,31,39H,5,8,10,14-18,21-22H2,1-4H3,(H,37,43)(H,40,41,42)/t31-/m0/s1. The molecule has 0 amide bonds.